The lowest BCUT2D eigenvalue weighted by atomic mass is 10.0. The van der Waals surface area contributed by atoms with Gasteiger partial charge in [0.05, 0.1) is 16.6 Å². The van der Waals surface area contributed by atoms with Crippen LogP contribution in [0.5, 0.6) is 5.75 Å². The number of halogens is 1. The molecule has 21 heavy (non-hydrogen) atoms. The van der Waals surface area contributed by atoms with E-state index in [2.05, 4.69) is 5.32 Å². The molecular weight excluding hydrogens is 288 g/mol. The first-order valence-corrected chi connectivity index (χ1v) is 7.04. The van der Waals surface area contributed by atoms with Crippen LogP contribution in [0.3, 0.4) is 0 Å². The second-order valence-electron chi connectivity index (χ2n) is 4.72. The van der Waals surface area contributed by atoms with Crippen molar-refractivity contribution in [3.05, 3.63) is 58.6 Å². The summed E-state index contributed by atoms with van der Waals surface area (Å²) < 4.78 is 0. The van der Waals surface area contributed by atoms with Crippen LogP contribution >= 0.6 is 11.6 Å². The highest BCUT2D eigenvalue weighted by Gasteiger charge is 2.14. The molecule has 0 aliphatic carbocycles. The van der Waals surface area contributed by atoms with Crippen LogP contribution in [0, 0.1) is 0 Å². The fourth-order valence-electron chi connectivity index (χ4n) is 2.19. The van der Waals surface area contributed by atoms with Crippen molar-refractivity contribution >= 4 is 23.2 Å². The van der Waals surface area contributed by atoms with Gasteiger partial charge in [0.1, 0.15) is 5.75 Å². The van der Waals surface area contributed by atoms with E-state index in [0.717, 1.165) is 17.7 Å². The van der Waals surface area contributed by atoms with E-state index in [1.165, 1.54) is 0 Å². The molecule has 2 aromatic carbocycles. The number of aromatic hydroxyl groups is 1. The molecule has 110 valence electrons. The second kappa shape index (κ2) is 6.50. The second-order valence-corrected chi connectivity index (χ2v) is 5.13. The fourth-order valence-corrected chi connectivity index (χ4v) is 2.46. The number of phenolic OH excluding ortho intramolecular Hbond substituents is 1. The summed E-state index contributed by atoms with van der Waals surface area (Å²) in [6.45, 7) is 2.02. The number of hydrogen-bond donors (Lipinski definition) is 3. The van der Waals surface area contributed by atoms with Gasteiger partial charge < -0.3 is 16.2 Å². The monoisotopic (exact) mass is 304 g/mol. The molecule has 0 bridgehead atoms. The summed E-state index contributed by atoms with van der Waals surface area (Å²) in [7, 11) is 0. The quantitative estimate of drug-likeness (QED) is 0.788. The smallest absolute Gasteiger partial charge is 0.250 e. The van der Waals surface area contributed by atoms with Crippen molar-refractivity contribution in [3.8, 4) is 5.75 Å². The van der Waals surface area contributed by atoms with Crippen molar-refractivity contribution in [2.45, 2.75) is 19.4 Å². The number of primary amides is 1. The van der Waals surface area contributed by atoms with Crippen molar-refractivity contribution < 1.29 is 9.90 Å². The van der Waals surface area contributed by atoms with E-state index < -0.39 is 5.91 Å². The topological polar surface area (TPSA) is 75.3 Å². The molecule has 1 unspecified atom stereocenters. The van der Waals surface area contributed by atoms with E-state index >= 15 is 0 Å². The summed E-state index contributed by atoms with van der Waals surface area (Å²) in [5.74, 6) is -0.309. The molecule has 0 fully saturated rings. The maximum Gasteiger partial charge on any atom is 0.250 e. The van der Waals surface area contributed by atoms with E-state index in [0.29, 0.717) is 5.02 Å². The van der Waals surface area contributed by atoms with Crippen molar-refractivity contribution in [2.75, 3.05) is 5.32 Å². The zero-order chi connectivity index (χ0) is 15.4. The van der Waals surface area contributed by atoms with Crippen LogP contribution in [0.15, 0.2) is 42.5 Å². The third-order valence-corrected chi connectivity index (χ3v) is 3.61. The Labute approximate surface area is 128 Å². The van der Waals surface area contributed by atoms with Gasteiger partial charge in [-0.1, -0.05) is 36.7 Å². The predicted octanol–water partition coefficient (Wildman–Crippen LogP) is 3.71. The molecule has 0 aliphatic heterocycles. The minimum atomic E-state index is -0.556. The SMILES string of the molecule is CCC(Nc1ccc(C(N)=O)c(Cl)c1)c1ccccc1O. The third-order valence-electron chi connectivity index (χ3n) is 3.30. The Balaban J connectivity index is 2.25. The average Bonchev–Trinajstić information content (AvgIpc) is 2.45. The zero-order valence-electron chi connectivity index (χ0n) is 11.6. The highest BCUT2D eigenvalue weighted by molar-refractivity contribution is 6.34. The number of carbonyl (C=O) groups excluding carboxylic acids is 1. The summed E-state index contributed by atoms with van der Waals surface area (Å²) in [5.41, 5.74) is 7.09. The first-order chi connectivity index (χ1) is 10.0. The van der Waals surface area contributed by atoms with Gasteiger partial charge in [-0.3, -0.25) is 4.79 Å². The van der Waals surface area contributed by atoms with Gasteiger partial charge in [-0.2, -0.15) is 0 Å². The van der Waals surface area contributed by atoms with Gasteiger partial charge in [0.15, 0.2) is 0 Å². The number of carbonyl (C=O) groups is 1. The van der Waals surface area contributed by atoms with Crippen LogP contribution in [-0.2, 0) is 0 Å². The Hall–Kier alpha value is -2.20. The minimum absolute atomic E-state index is 0.0540. The largest absolute Gasteiger partial charge is 0.508 e. The number of anilines is 1. The van der Waals surface area contributed by atoms with Gasteiger partial charge in [0, 0.05) is 11.3 Å². The molecule has 0 aliphatic rings. The Morgan fingerprint density at radius 2 is 2.05 bits per heavy atom. The molecule has 0 radical (unpaired) electrons. The summed E-state index contributed by atoms with van der Waals surface area (Å²) in [5, 5.41) is 13.5. The van der Waals surface area contributed by atoms with Crippen molar-refractivity contribution in [3.63, 3.8) is 0 Å². The first kappa shape index (κ1) is 15.2. The fraction of sp³-hybridized carbons (Fsp3) is 0.188. The van der Waals surface area contributed by atoms with Gasteiger partial charge in [0.2, 0.25) is 5.91 Å². The van der Waals surface area contributed by atoms with E-state index in [1.807, 2.05) is 19.1 Å². The molecule has 0 spiro atoms. The number of nitrogens with two attached hydrogens (primary N) is 1. The summed E-state index contributed by atoms with van der Waals surface area (Å²) in [6.07, 6.45) is 0.784. The third kappa shape index (κ3) is 3.47. The summed E-state index contributed by atoms with van der Waals surface area (Å²) in [4.78, 5) is 11.2. The van der Waals surface area contributed by atoms with Gasteiger partial charge in [-0.15, -0.1) is 0 Å². The lowest BCUT2D eigenvalue weighted by Crippen LogP contribution is -2.13. The minimum Gasteiger partial charge on any atom is -0.508 e. The molecule has 0 heterocycles. The molecule has 5 heteroatoms. The highest BCUT2D eigenvalue weighted by Crippen LogP contribution is 2.30. The normalized spacial score (nSPS) is 11.9. The molecular formula is C16H17ClN2O2. The van der Waals surface area contributed by atoms with E-state index in [4.69, 9.17) is 17.3 Å². The van der Waals surface area contributed by atoms with Crippen LogP contribution < -0.4 is 11.1 Å². The van der Waals surface area contributed by atoms with Gasteiger partial charge in [-0.05, 0) is 30.7 Å². The van der Waals surface area contributed by atoms with Crippen molar-refractivity contribution in [1.29, 1.82) is 0 Å². The maximum absolute atomic E-state index is 11.2. The van der Waals surface area contributed by atoms with E-state index in [1.54, 1.807) is 30.3 Å². The van der Waals surface area contributed by atoms with Gasteiger partial charge in [-0.25, -0.2) is 0 Å². The zero-order valence-corrected chi connectivity index (χ0v) is 12.4. The number of nitrogens with one attached hydrogen (secondary N) is 1. The van der Waals surface area contributed by atoms with Crippen LogP contribution in [0.25, 0.3) is 0 Å². The molecule has 2 aromatic rings. The van der Waals surface area contributed by atoms with Crippen LogP contribution in [0.4, 0.5) is 5.69 Å². The van der Waals surface area contributed by atoms with Crippen LogP contribution in [0.1, 0.15) is 35.3 Å². The first-order valence-electron chi connectivity index (χ1n) is 6.66. The lowest BCUT2D eigenvalue weighted by Gasteiger charge is -2.20. The Kier molecular flexibility index (Phi) is 4.70. The molecule has 2 rings (SSSR count). The van der Waals surface area contributed by atoms with Gasteiger partial charge >= 0.3 is 0 Å². The maximum atomic E-state index is 11.2. The number of hydrogen-bond acceptors (Lipinski definition) is 3. The average molecular weight is 305 g/mol. The van der Waals surface area contributed by atoms with E-state index in [-0.39, 0.29) is 17.4 Å². The van der Waals surface area contributed by atoms with Crippen LogP contribution in [-0.4, -0.2) is 11.0 Å². The molecule has 0 saturated heterocycles. The molecule has 4 nitrogen and oxygen atoms in total. The lowest BCUT2D eigenvalue weighted by molar-refractivity contribution is 0.100. The molecule has 1 amide bonds. The standard InChI is InChI=1S/C16H17ClN2O2/c1-2-14(12-5-3-4-6-15(12)20)19-10-7-8-11(16(18)21)13(17)9-10/h3-9,14,19-20H,2H2,1H3,(H2,18,21). The van der Waals surface area contributed by atoms with Gasteiger partial charge in [0.25, 0.3) is 0 Å². The van der Waals surface area contributed by atoms with Crippen LogP contribution in [0.2, 0.25) is 5.02 Å². The number of benzene rings is 2. The number of rotatable bonds is 5. The molecule has 4 N–H and O–H groups in total. The Bertz CT molecular complexity index is 658. The molecule has 0 saturated carbocycles. The van der Waals surface area contributed by atoms with Crippen molar-refractivity contribution in [2.24, 2.45) is 5.73 Å². The van der Waals surface area contributed by atoms with Crippen molar-refractivity contribution in [1.82, 2.24) is 0 Å². The predicted molar refractivity (Wildman–Crippen MR) is 84.7 cm³/mol. The molecule has 0 aromatic heterocycles. The Morgan fingerprint density at radius 3 is 2.62 bits per heavy atom. The number of para-hydroxylation sites is 1. The molecule has 1 atom stereocenters. The summed E-state index contributed by atoms with van der Waals surface area (Å²) in [6, 6.07) is 12.1. The van der Waals surface area contributed by atoms with E-state index in [9.17, 15) is 9.90 Å². The number of phenols is 1. The Morgan fingerprint density at radius 1 is 1.33 bits per heavy atom. The summed E-state index contributed by atoms with van der Waals surface area (Å²) >= 11 is 6.04. The highest BCUT2D eigenvalue weighted by atomic mass is 35.5. The number of amides is 1.